The number of ether oxygens (including phenoxy) is 1. The number of hydrogen-bond donors (Lipinski definition) is 1. The van der Waals surface area contributed by atoms with Crippen molar-refractivity contribution >= 4 is 5.97 Å². The molecule has 19 heavy (non-hydrogen) atoms. The summed E-state index contributed by atoms with van der Waals surface area (Å²) in [6.07, 6.45) is 8.28. The third-order valence-electron chi connectivity index (χ3n) is 3.33. The van der Waals surface area contributed by atoms with E-state index in [0.717, 1.165) is 24.2 Å². The molecule has 1 aromatic carbocycles. The SMILES string of the molecule is CCCCCCCCc1cc(C(=O)O)ccc1OC. The quantitative estimate of drug-likeness (QED) is 0.676. The van der Waals surface area contributed by atoms with Crippen molar-refractivity contribution in [3.63, 3.8) is 0 Å². The van der Waals surface area contributed by atoms with E-state index < -0.39 is 5.97 Å². The Labute approximate surface area is 115 Å². The van der Waals surface area contributed by atoms with E-state index in [1.54, 1.807) is 25.3 Å². The molecule has 0 fully saturated rings. The van der Waals surface area contributed by atoms with Gasteiger partial charge in [-0.15, -0.1) is 0 Å². The van der Waals surface area contributed by atoms with Gasteiger partial charge in [-0.3, -0.25) is 0 Å². The summed E-state index contributed by atoms with van der Waals surface area (Å²) in [6.45, 7) is 2.21. The maximum Gasteiger partial charge on any atom is 0.335 e. The molecule has 0 amide bonds. The first-order chi connectivity index (χ1) is 9.19. The Hall–Kier alpha value is -1.51. The van der Waals surface area contributed by atoms with Gasteiger partial charge in [0.15, 0.2) is 0 Å². The minimum atomic E-state index is -0.883. The Morgan fingerprint density at radius 1 is 1.16 bits per heavy atom. The normalized spacial score (nSPS) is 10.4. The molecule has 3 nitrogen and oxygen atoms in total. The van der Waals surface area contributed by atoms with Crippen molar-refractivity contribution in [1.29, 1.82) is 0 Å². The summed E-state index contributed by atoms with van der Waals surface area (Å²) in [7, 11) is 1.63. The van der Waals surface area contributed by atoms with E-state index in [9.17, 15) is 4.79 Å². The third kappa shape index (κ3) is 5.33. The average Bonchev–Trinajstić information content (AvgIpc) is 2.42. The highest BCUT2D eigenvalue weighted by Gasteiger charge is 2.08. The second-order valence-electron chi connectivity index (χ2n) is 4.85. The van der Waals surface area contributed by atoms with E-state index in [4.69, 9.17) is 9.84 Å². The van der Waals surface area contributed by atoms with Crippen molar-refractivity contribution < 1.29 is 14.6 Å². The summed E-state index contributed by atoms with van der Waals surface area (Å²) >= 11 is 0. The van der Waals surface area contributed by atoms with Gasteiger partial charge in [0.05, 0.1) is 12.7 Å². The molecule has 1 rings (SSSR count). The number of aromatic carboxylic acids is 1. The Balaban J connectivity index is 2.50. The van der Waals surface area contributed by atoms with Crippen LogP contribution in [0.2, 0.25) is 0 Å². The molecule has 0 saturated carbocycles. The van der Waals surface area contributed by atoms with Gasteiger partial charge in [-0.05, 0) is 36.6 Å². The van der Waals surface area contributed by atoms with Crippen molar-refractivity contribution in [2.75, 3.05) is 7.11 Å². The van der Waals surface area contributed by atoms with Crippen LogP contribution in [0.5, 0.6) is 5.75 Å². The van der Waals surface area contributed by atoms with Gasteiger partial charge in [0.25, 0.3) is 0 Å². The predicted molar refractivity (Wildman–Crippen MR) is 77.0 cm³/mol. The molecule has 0 bridgehead atoms. The van der Waals surface area contributed by atoms with Crippen molar-refractivity contribution in [1.82, 2.24) is 0 Å². The van der Waals surface area contributed by atoms with Crippen LogP contribution in [-0.4, -0.2) is 18.2 Å². The zero-order chi connectivity index (χ0) is 14.1. The highest BCUT2D eigenvalue weighted by atomic mass is 16.5. The molecular weight excluding hydrogens is 240 g/mol. The summed E-state index contributed by atoms with van der Waals surface area (Å²) in [5.41, 5.74) is 1.33. The lowest BCUT2D eigenvalue weighted by molar-refractivity contribution is 0.0696. The van der Waals surface area contributed by atoms with Gasteiger partial charge >= 0.3 is 5.97 Å². The zero-order valence-electron chi connectivity index (χ0n) is 11.9. The monoisotopic (exact) mass is 264 g/mol. The fourth-order valence-corrected chi connectivity index (χ4v) is 2.20. The highest BCUT2D eigenvalue weighted by Crippen LogP contribution is 2.22. The van der Waals surface area contributed by atoms with Gasteiger partial charge in [0, 0.05) is 0 Å². The molecule has 0 unspecified atom stereocenters. The van der Waals surface area contributed by atoms with Crippen LogP contribution in [-0.2, 0) is 6.42 Å². The Morgan fingerprint density at radius 2 is 1.84 bits per heavy atom. The summed E-state index contributed by atoms with van der Waals surface area (Å²) in [5.74, 6) is -0.0922. The number of unbranched alkanes of at least 4 members (excludes halogenated alkanes) is 5. The first-order valence-corrected chi connectivity index (χ1v) is 7.09. The maximum absolute atomic E-state index is 11.0. The van der Waals surface area contributed by atoms with Gasteiger partial charge in [-0.2, -0.15) is 0 Å². The molecule has 0 radical (unpaired) electrons. The van der Waals surface area contributed by atoms with Gasteiger partial charge in [0.1, 0.15) is 5.75 Å². The molecule has 0 saturated heterocycles. The third-order valence-corrected chi connectivity index (χ3v) is 3.33. The molecule has 0 atom stereocenters. The summed E-state index contributed by atoms with van der Waals surface area (Å²) in [5, 5.41) is 9.00. The second kappa shape index (κ2) is 8.57. The maximum atomic E-state index is 11.0. The van der Waals surface area contributed by atoms with Gasteiger partial charge in [0.2, 0.25) is 0 Å². The first-order valence-electron chi connectivity index (χ1n) is 7.09. The minimum absolute atomic E-state index is 0.335. The Kier molecular flexibility index (Phi) is 7.01. The molecule has 0 heterocycles. The largest absolute Gasteiger partial charge is 0.496 e. The van der Waals surface area contributed by atoms with Crippen LogP contribution in [0, 0.1) is 0 Å². The number of carbonyl (C=O) groups is 1. The topological polar surface area (TPSA) is 46.5 Å². The van der Waals surface area contributed by atoms with Crippen LogP contribution in [0.3, 0.4) is 0 Å². The molecule has 0 aliphatic rings. The zero-order valence-corrected chi connectivity index (χ0v) is 11.9. The standard InChI is InChI=1S/C16H24O3/c1-3-4-5-6-7-8-9-13-12-14(16(17)18)10-11-15(13)19-2/h10-12H,3-9H2,1-2H3,(H,17,18). The van der Waals surface area contributed by atoms with E-state index in [2.05, 4.69) is 6.92 Å². The van der Waals surface area contributed by atoms with Gasteiger partial charge < -0.3 is 9.84 Å². The fraction of sp³-hybridized carbons (Fsp3) is 0.562. The van der Waals surface area contributed by atoms with Gasteiger partial charge in [-0.25, -0.2) is 4.79 Å². The van der Waals surface area contributed by atoms with Crippen LogP contribution < -0.4 is 4.74 Å². The number of carboxylic acid groups (broad SMARTS) is 1. The van der Waals surface area contributed by atoms with Crippen molar-refractivity contribution in [2.45, 2.75) is 51.9 Å². The Bertz CT molecular complexity index is 399. The van der Waals surface area contributed by atoms with Crippen LogP contribution >= 0.6 is 0 Å². The van der Waals surface area contributed by atoms with Crippen molar-refractivity contribution in [3.8, 4) is 5.75 Å². The second-order valence-corrected chi connectivity index (χ2v) is 4.85. The summed E-state index contributed by atoms with van der Waals surface area (Å²) < 4.78 is 5.28. The molecular formula is C16H24O3. The number of carboxylic acids is 1. The molecule has 0 aliphatic heterocycles. The first kappa shape index (κ1) is 15.5. The fourth-order valence-electron chi connectivity index (χ4n) is 2.20. The predicted octanol–water partition coefficient (Wildman–Crippen LogP) is 4.30. The summed E-state index contributed by atoms with van der Waals surface area (Å²) in [4.78, 5) is 11.0. The highest BCUT2D eigenvalue weighted by molar-refractivity contribution is 5.88. The van der Waals surface area contributed by atoms with Gasteiger partial charge in [-0.1, -0.05) is 39.0 Å². The average molecular weight is 264 g/mol. The minimum Gasteiger partial charge on any atom is -0.496 e. The van der Waals surface area contributed by atoms with E-state index in [-0.39, 0.29) is 0 Å². The molecule has 0 aliphatic carbocycles. The number of aryl methyl sites for hydroxylation is 1. The smallest absolute Gasteiger partial charge is 0.335 e. The van der Waals surface area contributed by atoms with E-state index in [0.29, 0.717) is 5.56 Å². The van der Waals surface area contributed by atoms with Crippen LogP contribution in [0.25, 0.3) is 0 Å². The molecule has 0 spiro atoms. The lowest BCUT2D eigenvalue weighted by Crippen LogP contribution is -2.00. The number of benzene rings is 1. The molecule has 106 valence electrons. The molecule has 3 heteroatoms. The van der Waals surface area contributed by atoms with Crippen molar-refractivity contribution in [2.24, 2.45) is 0 Å². The lowest BCUT2D eigenvalue weighted by atomic mass is 10.0. The number of hydrogen-bond acceptors (Lipinski definition) is 2. The van der Waals surface area contributed by atoms with E-state index in [1.165, 1.54) is 32.1 Å². The lowest BCUT2D eigenvalue weighted by Gasteiger charge is -2.09. The van der Waals surface area contributed by atoms with E-state index >= 15 is 0 Å². The van der Waals surface area contributed by atoms with Crippen molar-refractivity contribution in [3.05, 3.63) is 29.3 Å². The summed E-state index contributed by atoms with van der Waals surface area (Å²) in [6, 6.07) is 5.06. The van der Waals surface area contributed by atoms with Crippen LogP contribution in [0.15, 0.2) is 18.2 Å². The molecule has 1 N–H and O–H groups in total. The number of methoxy groups -OCH3 is 1. The molecule has 0 aromatic heterocycles. The van der Waals surface area contributed by atoms with Crippen LogP contribution in [0.4, 0.5) is 0 Å². The number of rotatable bonds is 9. The Morgan fingerprint density at radius 3 is 2.47 bits per heavy atom. The van der Waals surface area contributed by atoms with E-state index in [1.807, 2.05) is 0 Å². The van der Waals surface area contributed by atoms with Crippen LogP contribution in [0.1, 0.15) is 61.4 Å². The molecule has 1 aromatic rings.